The number of nitrogens with one attached hydrogen (secondary N) is 1. The molecule has 0 atom stereocenters. The number of para-hydroxylation sites is 1. The first-order valence-corrected chi connectivity index (χ1v) is 8.78. The van der Waals surface area contributed by atoms with Gasteiger partial charge in [0.25, 0.3) is 11.5 Å². The molecule has 2 aromatic heterocycles. The zero-order chi connectivity index (χ0) is 18.8. The van der Waals surface area contributed by atoms with Crippen LogP contribution < -0.4 is 10.9 Å². The van der Waals surface area contributed by atoms with E-state index in [0.29, 0.717) is 29.6 Å². The van der Waals surface area contributed by atoms with Gasteiger partial charge in [-0.1, -0.05) is 18.2 Å². The Hall–Kier alpha value is -2.73. The van der Waals surface area contributed by atoms with Crippen molar-refractivity contribution in [2.75, 3.05) is 27.2 Å². The molecule has 1 aromatic carbocycles. The van der Waals surface area contributed by atoms with Crippen molar-refractivity contribution in [3.05, 3.63) is 51.9 Å². The molecule has 0 aliphatic rings. The van der Waals surface area contributed by atoms with Gasteiger partial charge in [0.15, 0.2) is 0 Å². The number of hydrogen-bond donors (Lipinski definition) is 1. The van der Waals surface area contributed by atoms with E-state index < -0.39 is 0 Å². The van der Waals surface area contributed by atoms with Gasteiger partial charge < -0.3 is 14.8 Å². The van der Waals surface area contributed by atoms with E-state index in [1.54, 1.807) is 10.8 Å². The third kappa shape index (κ3) is 3.32. The third-order valence-electron chi connectivity index (χ3n) is 4.51. The summed E-state index contributed by atoms with van der Waals surface area (Å²) in [6.07, 6.45) is 1.62. The fraction of sp³-hybridized carbons (Fsp3) is 0.350. The van der Waals surface area contributed by atoms with Gasteiger partial charge in [-0.25, -0.2) is 4.98 Å². The molecular formula is C20H24N4O2. The minimum atomic E-state index is -0.209. The fourth-order valence-electron chi connectivity index (χ4n) is 3.03. The highest BCUT2D eigenvalue weighted by atomic mass is 16.2. The van der Waals surface area contributed by atoms with Crippen molar-refractivity contribution < 1.29 is 4.79 Å². The summed E-state index contributed by atoms with van der Waals surface area (Å²) in [5, 5.41) is 4.30. The second kappa shape index (κ2) is 7.25. The molecule has 6 heteroatoms. The predicted octanol–water partition coefficient (Wildman–Crippen LogP) is 2.17. The molecule has 0 unspecified atom stereocenters. The second-order valence-corrected chi connectivity index (χ2v) is 6.72. The Morgan fingerprint density at radius 1 is 1.27 bits per heavy atom. The predicted molar refractivity (Wildman–Crippen MR) is 105 cm³/mol. The molecule has 0 saturated carbocycles. The Balaban J connectivity index is 2.20. The van der Waals surface area contributed by atoms with E-state index in [9.17, 15) is 9.59 Å². The highest BCUT2D eigenvalue weighted by molar-refractivity contribution is 6.07. The van der Waals surface area contributed by atoms with Gasteiger partial charge in [0.1, 0.15) is 0 Å². The SMILES string of the molecule is CCn1cc(C(=O)NCCN(C)C)c2nc3c(C)cccc3cc2c1=O. The van der Waals surface area contributed by atoms with Crippen molar-refractivity contribution in [1.82, 2.24) is 19.8 Å². The van der Waals surface area contributed by atoms with Crippen LogP contribution in [0.25, 0.3) is 21.8 Å². The van der Waals surface area contributed by atoms with Crippen molar-refractivity contribution >= 4 is 27.7 Å². The molecule has 0 fully saturated rings. The van der Waals surface area contributed by atoms with Crippen LogP contribution in [0.15, 0.2) is 35.3 Å². The van der Waals surface area contributed by atoms with E-state index in [1.807, 2.05) is 57.1 Å². The zero-order valence-electron chi connectivity index (χ0n) is 15.7. The molecule has 0 saturated heterocycles. The number of rotatable bonds is 5. The van der Waals surface area contributed by atoms with Gasteiger partial charge in [-0.2, -0.15) is 0 Å². The van der Waals surface area contributed by atoms with E-state index in [1.165, 1.54) is 0 Å². The molecule has 1 amide bonds. The van der Waals surface area contributed by atoms with Crippen LogP contribution in [-0.2, 0) is 6.54 Å². The molecule has 1 N–H and O–H groups in total. The number of hydrogen-bond acceptors (Lipinski definition) is 4. The van der Waals surface area contributed by atoms with Gasteiger partial charge in [0.2, 0.25) is 0 Å². The normalized spacial score (nSPS) is 11.4. The van der Waals surface area contributed by atoms with Crippen LogP contribution in [0.4, 0.5) is 0 Å². The summed E-state index contributed by atoms with van der Waals surface area (Å²) >= 11 is 0. The number of aryl methyl sites for hydroxylation is 2. The maximum absolute atomic E-state index is 12.8. The molecule has 3 aromatic rings. The summed E-state index contributed by atoms with van der Waals surface area (Å²) in [5.41, 5.74) is 2.61. The lowest BCUT2D eigenvalue weighted by molar-refractivity contribution is 0.0951. The van der Waals surface area contributed by atoms with E-state index in [2.05, 4.69) is 5.32 Å². The van der Waals surface area contributed by atoms with Crippen LogP contribution >= 0.6 is 0 Å². The maximum atomic E-state index is 12.8. The maximum Gasteiger partial charge on any atom is 0.260 e. The van der Waals surface area contributed by atoms with Crippen molar-refractivity contribution in [2.45, 2.75) is 20.4 Å². The first kappa shape index (κ1) is 18.1. The smallest absolute Gasteiger partial charge is 0.260 e. The first-order valence-electron chi connectivity index (χ1n) is 8.78. The molecule has 6 nitrogen and oxygen atoms in total. The molecule has 2 heterocycles. The van der Waals surface area contributed by atoms with Gasteiger partial charge in [-0.15, -0.1) is 0 Å². The van der Waals surface area contributed by atoms with Gasteiger partial charge in [0.05, 0.1) is 22.0 Å². The van der Waals surface area contributed by atoms with Crippen molar-refractivity contribution in [3.63, 3.8) is 0 Å². The standard InChI is InChI=1S/C20H24N4O2/c1-5-24-12-16(19(25)21-9-10-23(3)4)18-15(20(24)26)11-14-8-6-7-13(2)17(14)22-18/h6-8,11-12H,5,9-10H2,1-4H3,(H,21,25). The lowest BCUT2D eigenvalue weighted by atomic mass is 10.1. The number of likely N-dealkylation sites (N-methyl/N-ethyl adjacent to an activating group) is 1. The van der Waals surface area contributed by atoms with Crippen LogP contribution in [0.5, 0.6) is 0 Å². The number of carbonyl (C=O) groups is 1. The van der Waals surface area contributed by atoms with E-state index in [0.717, 1.165) is 23.0 Å². The summed E-state index contributed by atoms with van der Waals surface area (Å²) in [6.45, 7) is 5.64. The van der Waals surface area contributed by atoms with Crippen LogP contribution in [0.2, 0.25) is 0 Å². The van der Waals surface area contributed by atoms with Gasteiger partial charge in [-0.3, -0.25) is 9.59 Å². The lowest BCUT2D eigenvalue weighted by Crippen LogP contribution is -2.32. The minimum absolute atomic E-state index is 0.122. The van der Waals surface area contributed by atoms with Crippen LogP contribution in [0, 0.1) is 6.92 Å². The summed E-state index contributed by atoms with van der Waals surface area (Å²) in [6, 6.07) is 7.71. The van der Waals surface area contributed by atoms with Crippen molar-refractivity contribution in [2.24, 2.45) is 0 Å². The lowest BCUT2D eigenvalue weighted by Gasteiger charge is -2.13. The highest BCUT2D eigenvalue weighted by Crippen LogP contribution is 2.22. The summed E-state index contributed by atoms with van der Waals surface area (Å²) in [4.78, 5) is 32.2. The van der Waals surface area contributed by atoms with Crippen molar-refractivity contribution in [3.8, 4) is 0 Å². The van der Waals surface area contributed by atoms with E-state index in [-0.39, 0.29) is 11.5 Å². The topological polar surface area (TPSA) is 67.2 Å². The molecule has 0 aliphatic carbocycles. The molecule has 0 aliphatic heterocycles. The Morgan fingerprint density at radius 3 is 2.73 bits per heavy atom. The Labute approximate surface area is 152 Å². The van der Waals surface area contributed by atoms with Crippen molar-refractivity contribution in [1.29, 1.82) is 0 Å². The molecule has 0 spiro atoms. The first-order chi connectivity index (χ1) is 12.4. The van der Waals surface area contributed by atoms with E-state index in [4.69, 9.17) is 4.98 Å². The molecule has 136 valence electrons. The average Bonchev–Trinajstić information content (AvgIpc) is 2.61. The van der Waals surface area contributed by atoms with Crippen LogP contribution in [0.1, 0.15) is 22.8 Å². The number of fused-ring (bicyclic) bond motifs is 2. The number of carbonyl (C=O) groups excluding carboxylic acids is 1. The number of aromatic nitrogens is 2. The van der Waals surface area contributed by atoms with E-state index >= 15 is 0 Å². The summed E-state index contributed by atoms with van der Waals surface area (Å²) < 4.78 is 1.56. The quantitative estimate of drug-likeness (QED) is 0.715. The molecule has 0 bridgehead atoms. The third-order valence-corrected chi connectivity index (χ3v) is 4.51. The number of nitrogens with zero attached hydrogens (tertiary/aromatic N) is 3. The van der Waals surface area contributed by atoms with Gasteiger partial charge in [0, 0.05) is 31.2 Å². The minimum Gasteiger partial charge on any atom is -0.351 e. The highest BCUT2D eigenvalue weighted by Gasteiger charge is 2.17. The number of pyridine rings is 2. The van der Waals surface area contributed by atoms with Crippen LogP contribution in [0.3, 0.4) is 0 Å². The Morgan fingerprint density at radius 2 is 2.04 bits per heavy atom. The summed E-state index contributed by atoms with van der Waals surface area (Å²) in [7, 11) is 3.91. The molecule has 0 radical (unpaired) electrons. The largest absolute Gasteiger partial charge is 0.351 e. The molecule has 26 heavy (non-hydrogen) atoms. The Kier molecular flexibility index (Phi) is 5.04. The molecular weight excluding hydrogens is 328 g/mol. The molecule has 3 rings (SSSR count). The zero-order valence-corrected chi connectivity index (χ0v) is 15.7. The monoisotopic (exact) mass is 352 g/mol. The average molecular weight is 352 g/mol. The Bertz CT molecular complexity index is 1040. The van der Waals surface area contributed by atoms with Gasteiger partial charge in [-0.05, 0) is 39.6 Å². The number of amides is 1. The summed E-state index contributed by atoms with van der Waals surface area (Å²) in [5.74, 6) is -0.209. The van der Waals surface area contributed by atoms with Gasteiger partial charge >= 0.3 is 0 Å². The van der Waals surface area contributed by atoms with Crippen LogP contribution in [-0.4, -0.2) is 47.5 Å². The number of benzene rings is 1. The second-order valence-electron chi connectivity index (χ2n) is 6.72. The fourth-order valence-corrected chi connectivity index (χ4v) is 3.03.